The van der Waals surface area contributed by atoms with Crippen LogP contribution >= 0.6 is 0 Å². The van der Waals surface area contributed by atoms with Crippen LogP contribution in [-0.4, -0.2) is 16.0 Å². The SMILES string of the molecule is NC(=O)NN(Cc1ccccc1)c1ccccc1Oc1ncccn1. The summed E-state index contributed by atoms with van der Waals surface area (Å²) in [5.74, 6) is 0.499. The fourth-order valence-electron chi connectivity index (χ4n) is 2.29. The van der Waals surface area contributed by atoms with Crippen molar-refractivity contribution in [3.8, 4) is 11.8 Å². The van der Waals surface area contributed by atoms with Gasteiger partial charge >= 0.3 is 12.0 Å². The molecular formula is C18H17N5O2. The maximum Gasteiger partial charge on any atom is 0.330 e. The number of hydrazine groups is 1. The quantitative estimate of drug-likeness (QED) is 0.676. The number of nitrogens with two attached hydrogens (primary N) is 1. The molecule has 0 aliphatic carbocycles. The number of rotatable bonds is 6. The van der Waals surface area contributed by atoms with Gasteiger partial charge in [0.1, 0.15) is 5.69 Å². The zero-order valence-electron chi connectivity index (χ0n) is 13.4. The van der Waals surface area contributed by atoms with Crippen LogP contribution in [0, 0.1) is 0 Å². The lowest BCUT2D eigenvalue weighted by molar-refractivity contribution is 0.247. The molecule has 0 radical (unpaired) electrons. The lowest BCUT2D eigenvalue weighted by Gasteiger charge is -2.26. The molecule has 1 aromatic heterocycles. The van der Waals surface area contributed by atoms with Crippen molar-refractivity contribution in [2.24, 2.45) is 5.73 Å². The van der Waals surface area contributed by atoms with E-state index in [0.29, 0.717) is 18.0 Å². The summed E-state index contributed by atoms with van der Waals surface area (Å²) in [6, 6.07) is 18.2. The summed E-state index contributed by atoms with van der Waals surface area (Å²) in [5, 5.41) is 1.62. The van der Waals surface area contributed by atoms with Gasteiger partial charge in [0.2, 0.25) is 0 Å². The molecule has 0 atom stereocenters. The zero-order chi connectivity index (χ0) is 17.5. The van der Waals surface area contributed by atoms with E-state index in [9.17, 15) is 4.79 Å². The fraction of sp³-hybridized carbons (Fsp3) is 0.0556. The Morgan fingerprint density at radius 3 is 2.40 bits per heavy atom. The van der Waals surface area contributed by atoms with E-state index in [1.165, 1.54) is 0 Å². The van der Waals surface area contributed by atoms with Crippen molar-refractivity contribution in [3.05, 3.63) is 78.6 Å². The zero-order valence-corrected chi connectivity index (χ0v) is 13.4. The monoisotopic (exact) mass is 335 g/mol. The minimum Gasteiger partial charge on any atom is -0.422 e. The summed E-state index contributed by atoms with van der Waals surface area (Å²) >= 11 is 0. The van der Waals surface area contributed by atoms with Gasteiger partial charge in [-0.2, -0.15) is 0 Å². The molecule has 7 heteroatoms. The molecule has 0 saturated heterocycles. The molecule has 2 aromatic carbocycles. The highest BCUT2D eigenvalue weighted by atomic mass is 16.5. The number of nitrogens with zero attached hydrogens (tertiary/aromatic N) is 3. The number of aromatic nitrogens is 2. The Morgan fingerprint density at radius 1 is 1.00 bits per heavy atom. The smallest absolute Gasteiger partial charge is 0.330 e. The molecule has 126 valence electrons. The van der Waals surface area contributed by atoms with Crippen molar-refractivity contribution >= 4 is 11.7 Å². The van der Waals surface area contributed by atoms with E-state index in [2.05, 4.69) is 15.4 Å². The number of carbonyl (C=O) groups is 1. The van der Waals surface area contributed by atoms with Gasteiger partial charge in [-0.3, -0.25) is 5.01 Å². The van der Waals surface area contributed by atoms with Gasteiger partial charge in [-0.15, -0.1) is 0 Å². The lowest BCUT2D eigenvalue weighted by atomic mass is 10.2. The van der Waals surface area contributed by atoms with Crippen LogP contribution in [0.5, 0.6) is 11.8 Å². The molecule has 3 aromatic rings. The fourth-order valence-corrected chi connectivity index (χ4v) is 2.29. The second-order valence-corrected chi connectivity index (χ2v) is 5.15. The summed E-state index contributed by atoms with van der Waals surface area (Å²) in [6.45, 7) is 0.416. The number of benzene rings is 2. The van der Waals surface area contributed by atoms with Crippen LogP contribution in [0.3, 0.4) is 0 Å². The minimum atomic E-state index is -0.665. The molecule has 1 heterocycles. The Morgan fingerprint density at radius 2 is 1.68 bits per heavy atom. The van der Waals surface area contributed by atoms with Gasteiger partial charge in [0.15, 0.2) is 5.75 Å². The van der Waals surface area contributed by atoms with Gasteiger partial charge in [-0.25, -0.2) is 20.2 Å². The summed E-state index contributed by atoms with van der Waals surface area (Å²) in [7, 11) is 0. The summed E-state index contributed by atoms with van der Waals surface area (Å²) in [4.78, 5) is 19.6. The third-order valence-electron chi connectivity index (χ3n) is 3.33. The van der Waals surface area contributed by atoms with Gasteiger partial charge in [-0.05, 0) is 23.8 Å². The van der Waals surface area contributed by atoms with Crippen LogP contribution in [0.1, 0.15) is 5.56 Å². The number of urea groups is 1. The van der Waals surface area contributed by atoms with Gasteiger partial charge in [-0.1, -0.05) is 42.5 Å². The van der Waals surface area contributed by atoms with E-state index in [-0.39, 0.29) is 6.01 Å². The van der Waals surface area contributed by atoms with Crippen LogP contribution in [0.4, 0.5) is 10.5 Å². The van der Waals surface area contributed by atoms with Gasteiger partial charge in [0.25, 0.3) is 0 Å². The summed E-state index contributed by atoms with van der Waals surface area (Å²) in [5.41, 5.74) is 9.59. The van der Waals surface area contributed by atoms with Crippen molar-refractivity contribution in [3.63, 3.8) is 0 Å². The first kappa shape index (κ1) is 16.3. The van der Waals surface area contributed by atoms with Crippen LogP contribution < -0.4 is 20.9 Å². The van der Waals surface area contributed by atoms with Crippen molar-refractivity contribution < 1.29 is 9.53 Å². The molecule has 0 aliphatic heterocycles. The Bertz CT molecular complexity index is 827. The molecule has 0 spiro atoms. The first-order valence-electron chi connectivity index (χ1n) is 7.64. The molecule has 0 unspecified atom stereocenters. The van der Waals surface area contributed by atoms with Crippen molar-refractivity contribution in [2.75, 3.05) is 5.01 Å². The second-order valence-electron chi connectivity index (χ2n) is 5.15. The highest BCUT2D eigenvalue weighted by Gasteiger charge is 2.15. The number of anilines is 1. The highest BCUT2D eigenvalue weighted by molar-refractivity contribution is 5.75. The largest absolute Gasteiger partial charge is 0.422 e. The van der Waals surface area contributed by atoms with Crippen LogP contribution in [0.2, 0.25) is 0 Å². The Hall–Kier alpha value is -3.61. The van der Waals surface area contributed by atoms with Crippen molar-refractivity contribution in [2.45, 2.75) is 6.54 Å². The number of primary amides is 1. The minimum absolute atomic E-state index is 0.216. The van der Waals surface area contributed by atoms with E-state index in [1.54, 1.807) is 29.5 Å². The second kappa shape index (κ2) is 7.78. The molecule has 2 amide bonds. The van der Waals surface area contributed by atoms with Crippen molar-refractivity contribution in [1.29, 1.82) is 0 Å². The third-order valence-corrected chi connectivity index (χ3v) is 3.33. The van der Waals surface area contributed by atoms with E-state index in [0.717, 1.165) is 5.56 Å². The summed E-state index contributed by atoms with van der Waals surface area (Å²) < 4.78 is 5.75. The third kappa shape index (κ3) is 4.44. The molecule has 0 fully saturated rings. The molecule has 3 rings (SSSR count). The first-order chi connectivity index (χ1) is 12.2. The highest BCUT2D eigenvalue weighted by Crippen LogP contribution is 2.30. The maximum atomic E-state index is 11.4. The number of para-hydroxylation sites is 2. The molecule has 7 nitrogen and oxygen atoms in total. The molecule has 0 saturated carbocycles. The Kier molecular flexibility index (Phi) is 5.06. The number of nitrogens with one attached hydrogen (secondary N) is 1. The molecule has 3 N–H and O–H groups in total. The van der Waals surface area contributed by atoms with E-state index < -0.39 is 6.03 Å². The molecular weight excluding hydrogens is 318 g/mol. The van der Waals surface area contributed by atoms with Crippen molar-refractivity contribution in [1.82, 2.24) is 15.4 Å². The van der Waals surface area contributed by atoms with E-state index >= 15 is 0 Å². The maximum absolute atomic E-state index is 11.4. The number of hydrogen-bond donors (Lipinski definition) is 2. The topological polar surface area (TPSA) is 93.4 Å². The van der Waals surface area contributed by atoms with E-state index in [1.807, 2.05) is 48.5 Å². The number of ether oxygens (including phenoxy) is 1. The van der Waals surface area contributed by atoms with E-state index in [4.69, 9.17) is 10.5 Å². The molecule has 0 aliphatic rings. The standard InChI is InChI=1S/C18H17N5O2/c19-17(24)22-23(13-14-7-2-1-3-8-14)15-9-4-5-10-16(15)25-18-20-11-6-12-21-18/h1-12H,13H2,(H3,19,22,24). The molecule has 25 heavy (non-hydrogen) atoms. The number of amides is 2. The summed E-state index contributed by atoms with van der Waals surface area (Å²) in [6.07, 6.45) is 3.18. The van der Waals surface area contributed by atoms with Gasteiger partial charge < -0.3 is 10.5 Å². The van der Waals surface area contributed by atoms with Crippen LogP contribution in [0.25, 0.3) is 0 Å². The number of hydrogen-bond acceptors (Lipinski definition) is 5. The Labute approximate surface area is 145 Å². The van der Waals surface area contributed by atoms with Crippen LogP contribution in [-0.2, 0) is 6.54 Å². The predicted octanol–water partition coefficient (Wildman–Crippen LogP) is 2.86. The number of carbonyl (C=O) groups excluding carboxylic acids is 1. The average Bonchev–Trinajstić information content (AvgIpc) is 2.63. The van der Waals surface area contributed by atoms with Gasteiger partial charge in [0.05, 0.1) is 6.54 Å². The predicted molar refractivity (Wildman–Crippen MR) is 93.9 cm³/mol. The molecule has 0 bridgehead atoms. The normalized spacial score (nSPS) is 10.1. The average molecular weight is 335 g/mol. The lowest BCUT2D eigenvalue weighted by Crippen LogP contribution is -2.45. The van der Waals surface area contributed by atoms with Crippen LogP contribution in [0.15, 0.2) is 73.1 Å². The Balaban J connectivity index is 1.91. The van der Waals surface area contributed by atoms with Gasteiger partial charge in [0, 0.05) is 12.4 Å². The first-order valence-corrected chi connectivity index (χ1v) is 7.64.